The number of nitrogens with zero attached hydrogens (tertiary/aromatic N) is 2. The quantitative estimate of drug-likeness (QED) is 0.876. The van der Waals surface area contributed by atoms with Crippen LogP contribution in [0.3, 0.4) is 0 Å². The van der Waals surface area contributed by atoms with Crippen LogP contribution in [0.1, 0.15) is 24.1 Å². The molecule has 0 spiro atoms. The predicted octanol–water partition coefficient (Wildman–Crippen LogP) is 3.91. The van der Waals surface area contributed by atoms with Gasteiger partial charge < -0.3 is 5.73 Å². The van der Waals surface area contributed by atoms with E-state index in [1.54, 1.807) is 18.5 Å². The second kappa shape index (κ2) is 7.76. The fourth-order valence-electron chi connectivity index (χ4n) is 2.42. The van der Waals surface area contributed by atoms with E-state index in [0.717, 1.165) is 18.7 Å². The van der Waals surface area contributed by atoms with Crippen molar-refractivity contribution >= 4 is 23.2 Å². The average Bonchev–Trinajstić information content (AvgIpc) is 2.52. The Morgan fingerprint density at radius 3 is 2.52 bits per heavy atom. The van der Waals surface area contributed by atoms with Crippen LogP contribution in [-0.2, 0) is 6.54 Å². The van der Waals surface area contributed by atoms with Crippen LogP contribution in [0, 0.1) is 0 Å². The lowest BCUT2D eigenvalue weighted by Crippen LogP contribution is -2.33. The van der Waals surface area contributed by atoms with E-state index in [1.807, 2.05) is 24.3 Å². The van der Waals surface area contributed by atoms with Gasteiger partial charge in [-0.15, -0.1) is 0 Å². The number of benzene rings is 1. The molecule has 2 aromatic rings. The van der Waals surface area contributed by atoms with Crippen molar-refractivity contribution in [1.82, 2.24) is 9.88 Å². The first-order valence-corrected chi connectivity index (χ1v) is 7.69. The minimum Gasteiger partial charge on any atom is -0.329 e. The van der Waals surface area contributed by atoms with Crippen LogP contribution in [0.2, 0.25) is 10.0 Å². The molecule has 0 amide bonds. The molecule has 0 saturated heterocycles. The first-order chi connectivity index (χ1) is 10.2. The molecule has 0 aliphatic carbocycles. The number of pyridine rings is 1. The molecule has 0 aliphatic heterocycles. The topological polar surface area (TPSA) is 42.2 Å². The third-order valence-electron chi connectivity index (χ3n) is 3.55. The van der Waals surface area contributed by atoms with Gasteiger partial charge in [0.25, 0.3) is 0 Å². The molecule has 5 heteroatoms. The van der Waals surface area contributed by atoms with Gasteiger partial charge in [0, 0.05) is 31.5 Å². The molecule has 0 bridgehead atoms. The summed E-state index contributed by atoms with van der Waals surface area (Å²) in [5.41, 5.74) is 8.17. The summed E-state index contributed by atoms with van der Waals surface area (Å²) in [5.74, 6) is 0. The van der Waals surface area contributed by atoms with Crippen LogP contribution in [0.5, 0.6) is 0 Å². The largest absolute Gasteiger partial charge is 0.329 e. The zero-order chi connectivity index (χ0) is 15.2. The Hall–Kier alpha value is -1.13. The summed E-state index contributed by atoms with van der Waals surface area (Å²) in [5, 5.41) is 1.15. The molecule has 1 heterocycles. The number of halogens is 2. The molecule has 0 radical (unpaired) electrons. The Kier molecular flexibility index (Phi) is 6.00. The summed E-state index contributed by atoms with van der Waals surface area (Å²) in [6.45, 7) is 4.26. The maximum absolute atomic E-state index is 6.35. The van der Waals surface area contributed by atoms with Gasteiger partial charge in [-0.2, -0.15) is 0 Å². The van der Waals surface area contributed by atoms with Crippen LogP contribution in [0.15, 0.2) is 42.7 Å². The molecule has 3 nitrogen and oxygen atoms in total. The summed E-state index contributed by atoms with van der Waals surface area (Å²) in [6.07, 6.45) is 3.60. The number of aromatic nitrogens is 1. The van der Waals surface area contributed by atoms with Crippen molar-refractivity contribution in [3.63, 3.8) is 0 Å². The number of nitrogens with two attached hydrogens (primary N) is 1. The lowest BCUT2D eigenvalue weighted by Gasteiger charge is -2.31. The first kappa shape index (κ1) is 16.2. The average molecular weight is 324 g/mol. The maximum Gasteiger partial charge on any atom is 0.0640 e. The Balaban J connectivity index is 2.27. The van der Waals surface area contributed by atoms with Crippen LogP contribution in [-0.4, -0.2) is 23.0 Å². The highest BCUT2D eigenvalue weighted by Crippen LogP contribution is 2.32. The first-order valence-electron chi connectivity index (χ1n) is 6.94. The third kappa shape index (κ3) is 3.95. The molecule has 21 heavy (non-hydrogen) atoms. The number of hydrogen-bond acceptors (Lipinski definition) is 3. The Bertz CT molecular complexity index is 575. The molecular formula is C16H19Cl2N3. The van der Waals surface area contributed by atoms with E-state index in [-0.39, 0.29) is 6.04 Å². The van der Waals surface area contributed by atoms with E-state index < -0.39 is 0 Å². The number of hydrogen-bond donors (Lipinski definition) is 1. The molecule has 1 aromatic carbocycles. The maximum atomic E-state index is 6.35. The fraction of sp³-hybridized carbons (Fsp3) is 0.312. The number of likely N-dealkylation sites (N-methyl/N-ethyl adjacent to an activating group) is 1. The summed E-state index contributed by atoms with van der Waals surface area (Å²) in [4.78, 5) is 6.33. The fourth-order valence-corrected chi connectivity index (χ4v) is 2.85. The van der Waals surface area contributed by atoms with Crippen LogP contribution >= 0.6 is 23.2 Å². The van der Waals surface area contributed by atoms with Crippen molar-refractivity contribution in [3.05, 3.63) is 63.9 Å². The summed E-state index contributed by atoms with van der Waals surface area (Å²) in [6, 6.07) is 9.74. The monoisotopic (exact) mass is 323 g/mol. The molecule has 1 atom stereocenters. The lowest BCUT2D eigenvalue weighted by molar-refractivity contribution is 0.203. The van der Waals surface area contributed by atoms with Gasteiger partial charge in [0.1, 0.15) is 0 Å². The van der Waals surface area contributed by atoms with Gasteiger partial charge in [0.05, 0.1) is 10.0 Å². The van der Waals surface area contributed by atoms with Crippen molar-refractivity contribution in [3.8, 4) is 0 Å². The van der Waals surface area contributed by atoms with Crippen molar-refractivity contribution in [2.45, 2.75) is 19.5 Å². The van der Waals surface area contributed by atoms with E-state index in [0.29, 0.717) is 16.6 Å². The predicted molar refractivity (Wildman–Crippen MR) is 88.6 cm³/mol. The number of rotatable bonds is 6. The van der Waals surface area contributed by atoms with Crippen molar-refractivity contribution in [2.24, 2.45) is 5.73 Å². The summed E-state index contributed by atoms with van der Waals surface area (Å²) in [7, 11) is 0. The van der Waals surface area contributed by atoms with Gasteiger partial charge in [-0.05, 0) is 35.9 Å². The smallest absolute Gasteiger partial charge is 0.0640 e. The minimum absolute atomic E-state index is 0.0364. The zero-order valence-electron chi connectivity index (χ0n) is 12.0. The van der Waals surface area contributed by atoms with E-state index >= 15 is 0 Å². The lowest BCUT2D eigenvalue weighted by atomic mass is 10.0. The molecule has 2 rings (SSSR count). The highest BCUT2D eigenvalue weighted by atomic mass is 35.5. The second-order valence-electron chi connectivity index (χ2n) is 4.81. The highest BCUT2D eigenvalue weighted by Gasteiger charge is 2.21. The molecular weight excluding hydrogens is 305 g/mol. The molecule has 1 aromatic heterocycles. The van der Waals surface area contributed by atoms with Gasteiger partial charge >= 0.3 is 0 Å². The van der Waals surface area contributed by atoms with Crippen molar-refractivity contribution < 1.29 is 0 Å². The minimum atomic E-state index is 0.0364. The van der Waals surface area contributed by atoms with E-state index in [4.69, 9.17) is 28.9 Å². The van der Waals surface area contributed by atoms with Crippen LogP contribution in [0.25, 0.3) is 0 Å². The standard InChI is InChI=1S/C16H19Cl2N3/c1-2-21(11-12-6-8-20-9-7-12)15(10-19)13-4-3-5-14(17)16(13)18/h3-9,15H,2,10-11,19H2,1H3. The molecule has 2 N–H and O–H groups in total. The Morgan fingerprint density at radius 1 is 1.19 bits per heavy atom. The van der Waals surface area contributed by atoms with Gasteiger partial charge in [-0.25, -0.2) is 0 Å². The zero-order valence-corrected chi connectivity index (χ0v) is 13.5. The molecule has 0 fully saturated rings. The van der Waals surface area contributed by atoms with Crippen LogP contribution in [0.4, 0.5) is 0 Å². The van der Waals surface area contributed by atoms with E-state index in [1.165, 1.54) is 5.56 Å². The summed E-state index contributed by atoms with van der Waals surface area (Å²) < 4.78 is 0. The van der Waals surface area contributed by atoms with Crippen molar-refractivity contribution in [1.29, 1.82) is 0 Å². The second-order valence-corrected chi connectivity index (χ2v) is 5.60. The Labute approximate surface area is 135 Å². The normalized spacial score (nSPS) is 12.6. The van der Waals surface area contributed by atoms with E-state index in [2.05, 4.69) is 16.8 Å². The molecule has 0 aliphatic rings. The van der Waals surface area contributed by atoms with Gasteiger partial charge in [-0.1, -0.05) is 42.3 Å². The SMILES string of the molecule is CCN(Cc1ccncc1)C(CN)c1cccc(Cl)c1Cl. The van der Waals surface area contributed by atoms with E-state index in [9.17, 15) is 0 Å². The van der Waals surface area contributed by atoms with Crippen LogP contribution < -0.4 is 5.73 Å². The van der Waals surface area contributed by atoms with Gasteiger partial charge in [0.15, 0.2) is 0 Å². The molecule has 0 saturated carbocycles. The van der Waals surface area contributed by atoms with Gasteiger partial charge in [-0.3, -0.25) is 9.88 Å². The Morgan fingerprint density at radius 2 is 1.90 bits per heavy atom. The van der Waals surface area contributed by atoms with Crippen molar-refractivity contribution in [2.75, 3.05) is 13.1 Å². The van der Waals surface area contributed by atoms with Gasteiger partial charge in [0.2, 0.25) is 0 Å². The highest BCUT2D eigenvalue weighted by molar-refractivity contribution is 6.42. The summed E-state index contributed by atoms with van der Waals surface area (Å²) >= 11 is 12.5. The molecule has 112 valence electrons. The molecule has 1 unspecified atom stereocenters. The third-order valence-corrected chi connectivity index (χ3v) is 4.38.